The van der Waals surface area contributed by atoms with Crippen molar-refractivity contribution in [1.82, 2.24) is 4.90 Å². The fraction of sp³-hybridized carbons (Fsp3) is 0.938. The molecular formula is C16H31ClN2O. The monoisotopic (exact) mass is 302 g/mol. The number of amides is 1. The van der Waals surface area contributed by atoms with Gasteiger partial charge in [0, 0.05) is 24.5 Å². The van der Waals surface area contributed by atoms with Crippen molar-refractivity contribution in [3.05, 3.63) is 0 Å². The van der Waals surface area contributed by atoms with Gasteiger partial charge in [-0.25, -0.2) is 0 Å². The molecule has 1 amide bonds. The number of nitrogens with zero attached hydrogens (tertiary/aromatic N) is 1. The number of piperidine rings is 1. The molecule has 0 spiro atoms. The average molecular weight is 303 g/mol. The predicted octanol–water partition coefficient (Wildman–Crippen LogP) is 3.35. The molecule has 2 N–H and O–H groups in total. The summed E-state index contributed by atoms with van der Waals surface area (Å²) in [6, 6.07) is 0.758. The first-order valence-electron chi connectivity index (χ1n) is 8.14. The van der Waals surface area contributed by atoms with Gasteiger partial charge in [-0.2, -0.15) is 0 Å². The lowest BCUT2D eigenvalue weighted by atomic mass is 9.93. The van der Waals surface area contributed by atoms with E-state index in [9.17, 15) is 4.79 Å². The Morgan fingerprint density at radius 3 is 2.60 bits per heavy atom. The molecule has 0 aromatic carbocycles. The number of hydrogen-bond donors (Lipinski definition) is 1. The molecule has 1 saturated carbocycles. The highest BCUT2D eigenvalue weighted by molar-refractivity contribution is 5.85. The molecule has 118 valence electrons. The fourth-order valence-corrected chi connectivity index (χ4v) is 3.59. The maximum absolute atomic E-state index is 12.7. The zero-order valence-corrected chi connectivity index (χ0v) is 13.8. The van der Waals surface area contributed by atoms with Crippen molar-refractivity contribution in [3.63, 3.8) is 0 Å². The van der Waals surface area contributed by atoms with Gasteiger partial charge in [0.25, 0.3) is 0 Å². The molecule has 1 aliphatic carbocycles. The first kappa shape index (κ1) is 17.8. The number of likely N-dealkylation sites (tertiary alicyclic amines) is 1. The number of carbonyl (C=O) groups is 1. The van der Waals surface area contributed by atoms with Crippen LogP contribution in [0.2, 0.25) is 0 Å². The van der Waals surface area contributed by atoms with Gasteiger partial charge in [0.05, 0.1) is 0 Å². The van der Waals surface area contributed by atoms with Crippen LogP contribution in [0.5, 0.6) is 0 Å². The van der Waals surface area contributed by atoms with Gasteiger partial charge in [0.2, 0.25) is 5.91 Å². The molecule has 1 aliphatic heterocycles. The first-order valence-corrected chi connectivity index (χ1v) is 8.14. The van der Waals surface area contributed by atoms with Crippen molar-refractivity contribution in [1.29, 1.82) is 0 Å². The van der Waals surface area contributed by atoms with Gasteiger partial charge in [0.15, 0.2) is 0 Å². The minimum Gasteiger partial charge on any atom is -0.339 e. The SMILES string of the molecule is CC(C)CCC1CCCCN1C(=O)C1CCC(N)C1.Cl. The van der Waals surface area contributed by atoms with Crippen LogP contribution in [0.3, 0.4) is 0 Å². The Hall–Kier alpha value is -0.280. The zero-order chi connectivity index (χ0) is 13.8. The molecule has 1 heterocycles. The molecule has 0 aromatic heterocycles. The van der Waals surface area contributed by atoms with Crippen molar-refractivity contribution in [2.75, 3.05) is 6.54 Å². The number of carbonyl (C=O) groups excluding carboxylic acids is 1. The zero-order valence-electron chi connectivity index (χ0n) is 13.0. The topological polar surface area (TPSA) is 46.3 Å². The highest BCUT2D eigenvalue weighted by Crippen LogP contribution is 2.30. The van der Waals surface area contributed by atoms with E-state index in [-0.39, 0.29) is 24.4 Å². The largest absolute Gasteiger partial charge is 0.339 e. The standard InChI is InChI=1S/C16H30N2O.ClH/c1-12(2)6-9-15-5-3-4-10-18(15)16(19)13-7-8-14(17)11-13;/h12-15H,3-11,17H2,1-2H3;1H. The van der Waals surface area contributed by atoms with Gasteiger partial charge in [-0.3, -0.25) is 4.79 Å². The van der Waals surface area contributed by atoms with E-state index >= 15 is 0 Å². The lowest BCUT2D eigenvalue weighted by Gasteiger charge is -2.38. The van der Waals surface area contributed by atoms with Crippen LogP contribution in [-0.4, -0.2) is 29.4 Å². The third kappa shape index (κ3) is 4.63. The van der Waals surface area contributed by atoms with E-state index in [0.717, 1.165) is 31.7 Å². The minimum atomic E-state index is 0. The predicted molar refractivity (Wildman–Crippen MR) is 86.0 cm³/mol. The Kier molecular flexibility index (Phi) is 7.32. The average Bonchev–Trinajstić information content (AvgIpc) is 2.82. The molecule has 0 radical (unpaired) electrons. The Bertz CT molecular complexity index is 309. The van der Waals surface area contributed by atoms with Crippen molar-refractivity contribution in [3.8, 4) is 0 Å². The molecule has 1 saturated heterocycles. The molecule has 20 heavy (non-hydrogen) atoms. The van der Waals surface area contributed by atoms with Gasteiger partial charge < -0.3 is 10.6 Å². The fourth-order valence-electron chi connectivity index (χ4n) is 3.59. The van der Waals surface area contributed by atoms with Crippen molar-refractivity contribution >= 4 is 18.3 Å². The third-order valence-corrected chi connectivity index (χ3v) is 4.81. The quantitative estimate of drug-likeness (QED) is 0.865. The molecule has 2 rings (SSSR count). The van der Waals surface area contributed by atoms with E-state index in [2.05, 4.69) is 18.7 Å². The summed E-state index contributed by atoms with van der Waals surface area (Å²) in [6.07, 6.45) is 9.04. The first-order chi connectivity index (χ1) is 9.08. The summed E-state index contributed by atoms with van der Waals surface area (Å²) in [4.78, 5) is 14.9. The summed E-state index contributed by atoms with van der Waals surface area (Å²) in [6.45, 7) is 5.52. The molecular weight excluding hydrogens is 272 g/mol. The van der Waals surface area contributed by atoms with E-state index in [0.29, 0.717) is 11.9 Å². The Balaban J connectivity index is 0.00000200. The van der Waals surface area contributed by atoms with Crippen molar-refractivity contribution in [2.24, 2.45) is 17.6 Å². The maximum atomic E-state index is 12.7. The van der Waals surface area contributed by atoms with E-state index in [1.54, 1.807) is 0 Å². The van der Waals surface area contributed by atoms with Crippen LogP contribution in [0.25, 0.3) is 0 Å². The van der Waals surface area contributed by atoms with Crippen LogP contribution in [0.1, 0.15) is 65.2 Å². The van der Waals surface area contributed by atoms with Crippen LogP contribution >= 0.6 is 12.4 Å². The third-order valence-electron chi connectivity index (χ3n) is 4.81. The number of nitrogens with two attached hydrogens (primary N) is 1. The lowest BCUT2D eigenvalue weighted by Crippen LogP contribution is -2.46. The van der Waals surface area contributed by atoms with Gasteiger partial charge >= 0.3 is 0 Å². The summed E-state index contributed by atoms with van der Waals surface area (Å²) in [7, 11) is 0. The molecule has 0 aromatic rings. The molecule has 4 heteroatoms. The van der Waals surface area contributed by atoms with E-state index in [1.165, 1.54) is 32.1 Å². The summed E-state index contributed by atoms with van der Waals surface area (Å²) in [5, 5.41) is 0. The second kappa shape index (κ2) is 8.23. The number of halogens is 1. The van der Waals surface area contributed by atoms with Gasteiger partial charge in [-0.05, 0) is 57.3 Å². The van der Waals surface area contributed by atoms with Crippen molar-refractivity contribution < 1.29 is 4.79 Å². The molecule has 2 fully saturated rings. The smallest absolute Gasteiger partial charge is 0.225 e. The van der Waals surface area contributed by atoms with Crippen LogP contribution in [-0.2, 0) is 4.79 Å². The second-order valence-corrected chi connectivity index (χ2v) is 6.92. The summed E-state index contributed by atoms with van der Waals surface area (Å²) in [5.41, 5.74) is 5.95. The van der Waals surface area contributed by atoms with Crippen LogP contribution in [0.4, 0.5) is 0 Å². The van der Waals surface area contributed by atoms with E-state index in [1.807, 2.05) is 0 Å². The summed E-state index contributed by atoms with van der Waals surface area (Å²) >= 11 is 0. The highest BCUT2D eigenvalue weighted by Gasteiger charge is 2.34. The Morgan fingerprint density at radius 1 is 1.25 bits per heavy atom. The minimum absolute atomic E-state index is 0. The molecule has 3 unspecified atom stereocenters. The molecule has 3 nitrogen and oxygen atoms in total. The van der Waals surface area contributed by atoms with Crippen LogP contribution in [0, 0.1) is 11.8 Å². The number of rotatable bonds is 4. The maximum Gasteiger partial charge on any atom is 0.225 e. The van der Waals surface area contributed by atoms with Gasteiger partial charge in [-0.1, -0.05) is 13.8 Å². The summed E-state index contributed by atoms with van der Waals surface area (Å²) < 4.78 is 0. The van der Waals surface area contributed by atoms with Gasteiger partial charge in [0.1, 0.15) is 0 Å². The molecule has 3 atom stereocenters. The van der Waals surface area contributed by atoms with Gasteiger partial charge in [-0.15, -0.1) is 12.4 Å². The normalized spacial score (nSPS) is 30.4. The van der Waals surface area contributed by atoms with E-state index in [4.69, 9.17) is 5.73 Å². The summed E-state index contributed by atoms with van der Waals surface area (Å²) in [5.74, 6) is 1.36. The highest BCUT2D eigenvalue weighted by atomic mass is 35.5. The van der Waals surface area contributed by atoms with Crippen molar-refractivity contribution in [2.45, 2.75) is 77.3 Å². The van der Waals surface area contributed by atoms with Crippen LogP contribution < -0.4 is 5.73 Å². The second-order valence-electron chi connectivity index (χ2n) is 6.92. The Morgan fingerprint density at radius 2 is 2.00 bits per heavy atom. The lowest BCUT2D eigenvalue weighted by molar-refractivity contribution is -0.139. The number of hydrogen-bond acceptors (Lipinski definition) is 2. The van der Waals surface area contributed by atoms with Crippen LogP contribution in [0.15, 0.2) is 0 Å². The van der Waals surface area contributed by atoms with E-state index < -0.39 is 0 Å². The molecule has 0 bridgehead atoms. The molecule has 2 aliphatic rings. The Labute approximate surface area is 130 Å².